The Morgan fingerprint density at radius 3 is 3.19 bits per heavy atom. The maximum atomic E-state index is 11.3. The van der Waals surface area contributed by atoms with Crippen molar-refractivity contribution in [2.45, 2.75) is 38.4 Å². The highest BCUT2D eigenvalue weighted by Crippen LogP contribution is 2.32. The first-order chi connectivity index (χ1) is 7.69. The molecule has 0 aromatic carbocycles. The number of nitrogens with zero attached hydrogens (tertiary/aromatic N) is 3. The van der Waals surface area contributed by atoms with Crippen LogP contribution in [0.4, 0.5) is 0 Å². The van der Waals surface area contributed by atoms with E-state index >= 15 is 0 Å². The number of amidine groups is 1. The second kappa shape index (κ2) is 5.23. The molecule has 2 aliphatic heterocycles. The number of thioether (sulfide) groups is 2. The Balaban J connectivity index is 2.04. The highest BCUT2D eigenvalue weighted by molar-refractivity contribution is 8.45. The van der Waals surface area contributed by atoms with Gasteiger partial charge in [0.25, 0.3) is 0 Å². The summed E-state index contributed by atoms with van der Waals surface area (Å²) in [5.74, 6) is -0.0185. The van der Waals surface area contributed by atoms with Crippen molar-refractivity contribution in [2.75, 3.05) is 6.54 Å². The lowest BCUT2D eigenvalue weighted by molar-refractivity contribution is -0.117. The van der Waals surface area contributed by atoms with E-state index in [1.807, 2.05) is 5.01 Å². The molecule has 1 atom stereocenters. The minimum atomic E-state index is -0.0185. The number of hydrogen-bond donors (Lipinski definition) is 0. The average Bonchev–Trinajstić information content (AvgIpc) is 2.52. The van der Waals surface area contributed by atoms with E-state index in [0.717, 1.165) is 28.9 Å². The minimum Gasteiger partial charge on any atom is -0.273 e. The van der Waals surface area contributed by atoms with Crippen molar-refractivity contribution in [3.63, 3.8) is 0 Å². The van der Waals surface area contributed by atoms with Gasteiger partial charge in [0.05, 0.1) is 0 Å². The summed E-state index contributed by atoms with van der Waals surface area (Å²) in [4.78, 5) is 15.4. The number of rotatable bonds is 2. The quantitative estimate of drug-likeness (QED) is 0.762. The van der Waals surface area contributed by atoms with Gasteiger partial charge in [-0.15, -0.1) is 0 Å². The average molecular weight is 257 g/mol. The largest absolute Gasteiger partial charge is 0.273 e. The molecule has 0 fully saturated rings. The fraction of sp³-hybridized carbons (Fsp3) is 0.700. The number of fused-ring (bicyclic) bond motifs is 1. The van der Waals surface area contributed by atoms with Gasteiger partial charge in [0.2, 0.25) is 5.91 Å². The molecule has 0 saturated carbocycles. The van der Waals surface area contributed by atoms with Crippen LogP contribution in [0.1, 0.15) is 33.1 Å². The van der Waals surface area contributed by atoms with Crippen LogP contribution in [0.15, 0.2) is 10.1 Å². The number of aliphatic imine (C=N–C) groups is 1. The molecule has 88 valence electrons. The van der Waals surface area contributed by atoms with Crippen molar-refractivity contribution in [2.24, 2.45) is 10.1 Å². The van der Waals surface area contributed by atoms with Gasteiger partial charge in [0, 0.05) is 18.2 Å². The van der Waals surface area contributed by atoms with Crippen molar-refractivity contribution in [3.8, 4) is 0 Å². The normalized spacial score (nSPS) is 22.4. The van der Waals surface area contributed by atoms with E-state index in [9.17, 15) is 4.79 Å². The van der Waals surface area contributed by atoms with E-state index in [2.05, 4.69) is 23.9 Å². The second-order valence-electron chi connectivity index (χ2n) is 3.82. The third-order valence-corrected chi connectivity index (χ3v) is 4.76. The molecule has 0 radical (unpaired) electrons. The summed E-state index contributed by atoms with van der Waals surface area (Å²) in [6, 6.07) is 0. The third kappa shape index (κ3) is 2.79. The zero-order chi connectivity index (χ0) is 11.5. The van der Waals surface area contributed by atoms with Crippen molar-refractivity contribution in [1.82, 2.24) is 5.01 Å². The van der Waals surface area contributed by atoms with Gasteiger partial charge in [-0.2, -0.15) is 10.1 Å². The molecule has 0 spiro atoms. The van der Waals surface area contributed by atoms with E-state index in [4.69, 9.17) is 0 Å². The Bertz CT molecular complexity index is 354. The summed E-state index contributed by atoms with van der Waals surface area (Å²) >= 11 is 3.28. The molecule has 2 rings (SSSR count). The number of hydrazone groups is 1. The smallest absolute Gasteiger partial charge is 0.248 e. The molecule has 4 nitrogen and oxygen atoms in total. The summed E-state index contributed by atoms with van der Waals surface area (Å²) in [7, 11) is 0. The van der Waals surface area contributed by atoms with Gasteiger partial charge >= 0.3 is 0 Å². The molecular weight excluding hydrogens is 242 g/mol. The van der Waals surface area contributed by atoms with E-state index in [1.54, 1.807) is 11.8 Å². The molecule has 1 amide bonds. The standard InChI is InChI=1S/C10H15N3OS2/c1-3-7(2)15-10-12-13-6-4-5-8(14)11-9(13)16-10/h7H,3-6H2,1-2H3. The molecule has 0 saturated heterocycles. The first kappa shape index (κ1) is 12.0. The van der Waals surface area contributed by atoms with Crippen LogP contribution < -0.4 is 0 Å². The molecule has 1 unspecified atom stereocenters. The fourth-order valence-corrected chi connectivity index (χ4v) is 3.61. The van der Waals surface area contributed by atoms with Gasteiger partial charge < -0.3 is 0 Å². The summed E-state index contributed by atoms with van der Waals surface area (Å²) in [6.45, 7) is 5.16. The van der Waals surface area contributed by atoms with Crippen LogP contribution in [0.3, 0.4) is 0 Å². The zero-order valence-corrected chi connectivity index (χ0v) is 11.1. The minimum absolute atomic E-state index is 0.0185. The van der Waals surface area contributed by atoms with E-state index in [1.165, 1.54) is 11.8 Å². The van der Waals surface area contributed by atoms with Crippen LogP contribution in [0.5, 0.6) is 0 Å². The van der Waals surface area contributed by atoms with Crippen LogP contribution in [0, 0.1) is 0 Å². The van der Waals surface area contributed by atoms with Crippen molar-refractivity contribution < 1.29 is 4.79 Å². The monoisotopic (exact) mass is 257 g/mol. The Morgan fingerprint density at radius 2 is 2.44 bits per heavy atom. The summed E-state index contributed by atoms with van der Waals surface area (Å²) in [5.41, 5.74) is 0. The summed E-state index contributed by atoms with van der Waals surface area (Å²) in [6.07, 6.45) is 2.51. The molecule has 6 heteroatoms. The van der Waals surface area contributed by atoms with Gasteiger partial charge in [-0.25, -0.2) is 5.01 Å². The second-order valence-corrected chi connectivity index (χ2v) is 6.46. The maximum absolute atomic E-state index is 11.3. The first-order valence-corrected chi connectivity index (χ1v) is 7.21. The van der Waals surface area contributed by atoms with E-state index in [0.29, 0.717) is 11.7 Å². The molecule has 16 heavy (non-hydrogen) atoms. The van der Waals surface area contributed by atoms with Gasteiger partial charge in [0.1, 0.15) is 0 Å². The lowest BCUT2D eigenvalue weighted by atomic mass is 10.3. The highest BCUT2D eigenvalue weighted by Gasteiger charge is 2.27. The van der Waals surface area contributed by atoms with Crippen LogP contribution in [-0.4, -0.2) is 32.3 Å². The van der Waals surface area contributed by atoms with Gasteiger partial charge in [-0.3, -0.25) is 4.79 Å². The zero-order valence-electron chi connectivity index (χ0n) is 9.47. The lowest BCUT2D eigenvalue weighted by Gasteiger charge is -2.09. The molecule has 2 heterocycles. The van der Waals surface area contributed by atoms with Crippen LogP contribution in [0.25, 0.3) is 0 Å². The molecule has 0 aromatic heterocycles. The lowest BCUT2D eigenvalue weighted by Crippen LogP contribution is -2.18. The Labute approximate surface area is 104 Å². The Kier molecular flexibility index (Phi) is 3.91. The van der Waals surface area contributed by atoms with Gasteiger partial charge in [-0.05, 0) is 24.6 Å². The fourth-order valence-electron chi connectivity index (χ4n) is 1.36. The van der Waals surface area contributed by atoms with Gasteiger partial charge in [0.15, 0.2) is 9.54 Å². The van der Waals surface area contributed by atoms with Crippen molar-refractivity contribution in [1.29, 1.82) is 0 Å². The van der Waals surface area contributed by atoms with Crippen LogP contribution in [0.2, 0.25) is 0 Å². The SMILES string of the molecule is CCC(C)SC1=NN2CCCC(=O)N=C2S1. The number of carbonyl (C=O) groups excluding carboxylic acids is 1. The van der Waals surface area contributed by atoms with E-state index in [-0.39, 0.29) is 5.91 Å². The molecular formula is C10H15N3OS2. The molecule has 0 bridgehead atoms. The maximum Gasteiger partial charge on any atom is 0.248 e. The van der Waals surface area contributed by atoms with E-state index < -0.39 is 0 Å². The summed E-state index contributed by atoms with van der Waals surface area (Å²) in [5, 5.41) is 7.67. The van der Waals surface area contributed by atoms with Crippen molar-refractivity contribution >= 4 is 39.0 Å². The predicted octanol–water partition coefficient (Wildman–Crippen LogP) is 2.51. The Morgan fingerprint density at radius 1 is 1.62 bits per heavy atom. The molecule has 0 aromatic rings. The molecule has 0 N–H and O–H groups in total. The third-order valence-electron chi connectivity index (χ3n) is 2.46. The number of hydrogen-bond acceptors (Lipinski definition) is 5. The first-order valence-electron chi connectivity index (χ1n) is 5.51. The van der Waals surface area contributed by atoms with Crippen LogP contribution in [-0.2, 0) is 4.79 Å². The van der Waals surface area contributed by atoms with Gasteiger partial charge in [-0.1, -0.05) is 25.6 Å². The number of carbonyl (C=O) groups is 1. The van der Waals surface area contributed by atoms with Crippen molar-refractivity contribution in [3.05, 3.63) is 0 Å². The number of amides is 1. The molecule has 0 aliphatic carbocycles. The topological polar surface area (TPSA) is 45.0 Å². The summed E-state index contributed by atoms with van der Waals surface area (Å²) < 4.78 is 1.02. The highest BCUT2D eigenvalue weighted by atomic mass is 32.2. The molecule has 2 aliphatic rings. The van der Waals surface area contributed by atoms with Crippen LogP contribution >= 0.6 is 23.5 Å². The Hall–Kier alpha value is -0.490. The predicted molar refractivity (Wildman–Crippen MR) is 70.8 cm³/mol.